The van der Waals surface area contributed by atoms with Crippen LogP contribution in [0.2, 0.25) is 0 Å². The first-order chi connectivity index (χ1) is 7.20. The quantitative estimate of drug-likeness (QED) is 0.747. The van der Waals surface area contributed by atoms with E-state index in [9.17, 15) is 4.79 Å². The second kappa shape index (κ2) is 4.52. The summed E-state index contributed by atoms with van der Waals surface area (Å²) in [6, 6.07) is 0.586. The van der Waals surface area contributed by atoms with Gasteiger partial charge in [0.1, 0.15) is 0 Å². The summed E-state index contributed by atoms with van der Waals surface area (Å²) in [6.07, 6.45) is 6.10. The third-order valence-corrected chi connectivity index (χ3v) is 4.02. The molecule has 3 nitrogen and oxygen atoms in total. The van der Waals surface area contributed by atoms with Crippen molar-refractivity contribution in [3.63, 3.8) is 0 Å². The standard InChI is InChI=1S/C12H22N2O/c1-9-7-8-13-11(9)12(15)14(2)10-5-3-4-6-10/h9-11,13H,3-8H2,1-2H3. The van der Waals surface area contributed by atoms with Crippen LogP contribution in [0.5, 0.6) is 0 Å². The van der Waals surface area contributed by atoms with E-state index < -0.39 is 0 Å². The molecule has 2 fully saturated rings. The van der Waals surface area contributed by atoms with Crippen molar-refractivity contribution in [1.29, 1.82) is 0 Å². The molecule has 1 aliphatic heterocycles. The summed E-state index contributed by atoms with van der Waals surface area (Å²) >= 11 is 0. The summed E-state index contributed by atoms with van der Waals surface area (Å²) in [7, 11) is 1.98. The maximum Gasteiger partial charge on any atom is 0.239 e. The summed E-state index contributed by atoms with van der Waals surface area (Å²) in [5, 5.41) is 3.32. The van der Waals surface area contributed by atoms with Crippen LogP contribution in [0.3, 0.4) is 0 Å². The van der Waals surface area contributed by atoms with Gasteiger partial charge in [-0.05, 0) is 31.7 Å². The number of likely N-dealkylation sites (N-methyl/N-ethyl adjacent to an activating group) is 1. The topological polar surface area (TPSA) is 32.3 Å². The van der Waals surface area contributed by atoms with Crippen molar-refractivity contribution in [2.45, 2.75) is 51.1 Å². The Bertz CT molecular complexity index is 236. The average Bonchev–Trinajstić information content (AvgIpc) is 2.85. The zero-order valence-electron chi connectivity index (χ0n) is 9.83. The van der Waals surface area contributed by atoms with Gasteiger partial charge < -0.3 is 10.2 Å². The number of carbonyl (C=O) groups is 1. The first-order valence-electron chi connectivity index (χ1n) is 6.20. The number of carbonyl (C=O) groups excluding carboxylic acids is 1. The van der Waals surface area contributed by atoms with Crippen molar-refractivity contribution in [3.8, 4) is 0 Å². The van der Waals surface area contributed by atoms with Crippen molar-refractivity contribution in [3.05, 3.63) is 0 Å². The second-order valence-electron chi connectivity index (χ2n) is 5.09. The van der Waals surface area contributed by atoms with Gasteiger partial charge in [-0.2, -0.15) is 0 Å². The van der Waals surface area contributed by atoms with Crippen LogP contribution in [0.1, 0.15) is 39.0 Å². The third-order valence-electron chi connectivity index (χ3n) is 4.02. The van der Waals surface area contributed by atoms with E-state index in [1.807, 2.05) is 11.9 Å². The Labute approximate surface area is 92.2 Å². The molecule has 0 bridgehead atoms. The second-order valence-corrected chi connectivity index (χ2v) is 5.09. The average molecular weight is 210 g/mol. The van der Waals surface area contributed by atoms with Gasteiger partial charge in [0.05, 0.1) is 6.04 Å². The molecular weight excluding hydrogens is 188 g/mol. The van der Waals surface area contributed by atoms with Crippen LogP contribution in [-0.4, -0.2) is 36.5 Å². The molecule has 0 aromatic carbocycles. The highest BCUT2D eigenvalue weighted by Crippen LogP contribution is 2.24. The first kappa shape index (κ1) is 10.9. The number of hydrogen-bond donors (Lipinski definition) is 1. The van der Waals surface area contributed by atoms with E-state index in [2.05, 4.69) is 12.2 Å². The highest BCUT2D eigenvalue weighted by atomic mass is 16.2. The van der Waals surface area contributed by atoms with Gasteiger partial charge in [0.15, 0.2) is 0 Å². The monoisotopic (exact) mass is 210 g/mol. The molecule has 1 aliphatic carbocycles. The molecule has 1 saturated carbocycles. The minimum Gasteiger partial charge on any atom is -0.341 e. The van der Waals surface area contributed by atoms with Gasteiger partial charge in [0, 0.05) is 13.1 Å². The zero-order chi connectivity index (χ0) is 10.8. The van der Waals surface area contributed by atoms with Crippen molar-refractivity contribution in [2.24, 2.45) is 5.92 Å². The number of rotatable bonds is 2. The first-order valence-corrected chi connectivity index (χ1v) is 6.20. The molecule has 86 valence electrons. The normalized spacial score (nSPS) is 32.1. The Morgan fingerprint density at radius 2 is 1.93 bits per heavy atom. The Morgan fingerprint density at radius 1 is 1.27 bits per heavy atom. The van der Waals surface area contributed by atoms with E-state index >= 15 is 0 Å². The van der Waals surface area contributed by atoms with Gasteiger partial charge in [0.25, 0.3) is 0 Å². The number of hydrogen-bond acceptors (Lipinski definition) is 2. The molecule has 2 unspecified atom stereocenters. The lowest BCUT2D eigenvalue weighted by atomic mass is 10.0. The van der Waals surface area contributed by atoms with E-state index in [-0.39, 0.29) is 6.04 Å². The van der Waals surface area contributed by atoms with Gasteiger partial charge in [-0.15, -0.1) is 0 Å². The number of nitrogens with zero attached hydrogens (tertiary/aromatic N) is 1. The van der Waals surface area contributed by atoms with Gasteiger partial charge in [-0.3, -0.25) is 4.79 Å². The SMILES string of the molecule is CC1CCNC1C(=O)N(C)C1CCCC1. The minimum absolute atomic E-state index is 0.0793. The summed E-state index contributed by atoms with van der Waals surface area (Å²) < 4.78 is 0. The molecular formula is C12H22N2O. The largest absolute Gasteiger partial charge is 0.341 e. The molecule has 0 radical (unpaired) electrons. The van der Waals surface area contributed by atoms with Crippen molar-refractivity contribution < 1.29 is 4.79 Å². The van der Waals surface area contributed by atoms with E-state index in [4.69, 9.17) is 0 Å². The molecule has 2 aliphatic rings. The van der Waals surface area contributed by atoms with E-state index in [0.29, 0.717) is 17.9 Å². The van der Waals surface area contributed by atoms with Crippen LogP contribution in [0, 0.1) is 5.92 Å². The van der Waals surface area contributed by atoms with Crippen LogP contribution in [-0.2, 0) is 4.79 Å². The smallest absolute Gasteiger partial charge is 0.239 e. The fraction of sp³-hybridized carbons (Fsp3) is 0.917. The molecule has 1 N–H and O–H groups in total. The number of nitrogens with one attached hydrogen (secondary N) is 1. The molecule has 15 heavy (non-hydrogen) atoms. The summed E-state index contributed by atoms with van der Waals surface area (Å²) in [5.41, 5.74) is 0. The molecule has 0 aromatic rings. The highest BCUT2D eigenvalue weighted by molar-refractivity contribution is 5.82. The van der Waals surface area contributed by atoms with Gasteiger partial charge in [0.2, 0.25) is 5.91 Å². The van der Waals surface area contributed by atoms with E-state index in [1.165, 1.54) is 25.7 Å². The van der Waals surface area contributed by atoms with Gasteiger partial charge >= 0.3 is 0 Å². The molecule has 0 aromatic heterocycles. The van der Waals surface area contributed by atoms with Crippen LogP contribution in [0.4, 0.5) is 0 Å². The van der Waals surface area contributed by atoms with Crippen molar-refractivity contribution >= 4 is 5.91 Å². The van der Waals surface area contributed by atoms with Crippen LogP contribution < -0.4 is 5.32 Å². The van der Waals surface area contributed by atoms with E-state index in [0.717, 1.165) is 13.0 Å². The summed E-state index contributed by atoms with van der Waals surface area (Å²) in [5.74, 6) is 0.813. The molecule has 1 saturated heterocycles. The molecule has 2 atom stereocenters. The predicted octanol–water partition coefficient (Wildman–Crippen LogP) is 1.39. The van der Waals surface area contributed by atoms with E-state index in [1.54, 1.807) is 0 Å². The summed E-state index contributed by atoms with van der Waals surface area (Å²) in [4.78, 5) is 14.2. The van der Waals surface area contributed by atoms with Gasteiger partial charge in [-0.25, -0.2) is 0 Å². The van der Waals surface area contributed by atoms with Gasteiger partial charge in [-0.1, -0.05) is 19.8 Å². The molecule has 3 heteroatoms. The lowest BCUT2D eigenvalue weighted by molar-refractivity contribution is -0.134. The predicted molar refractivity (Wildman–Crippen MR) is 60.6 cm³/mol. The molecule has 0 spiro atoms. The maximum absolute atomic E-state index is 12.2. The lowest BCUT2D eigenvalue weighted by Gasteiger charge is -2.28. The molecule has 1 amide bonds. The molecule has 2 rings (SSSR count). The zero-order valence-corrected chi connectivity index (χ0v) is 9.83. The molecule has 1 heterocycles. The summed E-state index contributed by atoms with van der Waals surface area (Å²) in [6.45, 7) is 3.17. The Hall–Kier alpha value is -0.570. The fourth-order valence-electron chi connectivity index (χ4n) is 2.86. The van der Waals surface area contributed by atoms with Crippen LogP contribution >= 0.6 is 0 Å². The highest BCUT2D eigenvalue weighted by Gasteiger charge is 2.34. The van der Waals surface area contributed by atoms with Crippen LogP contribution in [0.15, 0.2) is 0 Å². The lowest BCUT2D eigenvalue weighted by Crippen LogP contribution is -2.47. The Morgan fingerprint density at radius 3 is 2.47 bits per heavy atom. The Kier molecular flexibility index (Phi) is 3.29. The van der Waals surface area contributed by atoms with Crippen molar-refractivity contribution in [1.82, 2.24) is 10.2 Å². The van der Waals surface area contributed by atoms with Crippen LogP contribution in [0.25, 0.3) is 0 Å². The van der Waals surface area contributed by atoms with Crippen molar-refractivity contribution in [2.75, 3.05) is 13.6 Å². The Balaban J connectivity index is 1.94. The number of amides is 1. The third kappa shape index (κ3) is 2.17. The fourth-order valence-corrected chi connectivity index (χ4v) is 2.86. The maximum atomic E-state index is 12.2. The minimum atomic E-state index is 0.0793.